The Bertz CT molecular complexity index is 182. The molecular weight excluding hydrogens is 190 g/mol. The molecule has 0 aliphatic carbocycles. The Labute approximate surface area is 92.7 Å². The zero-order valence-electron chi connectivity index (χ0n) is 9.78. The van der Waals surface area contributed by atoms with Crippen LogP contribution in [0.25, 0.3) is 0 Å². The standard InChI is InChI=1S/C12H23NO2/c1-2-3-4-5-6-12-13(7-8-14-12)9-11-10-15-11/h11-12H,2-10H2,1H3. The fourth-order valence-corrected chi connectivity index (χ4v) is 2.21. The molecule has 0 N–H and O–H groups in total. The number of nitrogens with zero attached hydrogens (tertiary/aromatic N) is 1. The first-order valence-electron chi connectivity index (χ1n) is 6.37. The molecule has 2 unspecified atom stereocenters. The first-order chi connectivity index (χ1) is 7.40. The van der Waals surface area contributed by atoms with Crippen LogP contribution in [0.5, 0.6) is 0 Å². The van der Waals surface area contributed by atoms with Crippen molar-refractivity contribution in [1.82, 2.24) is 4.90 Å². The topological polar surface area (TPSA) is 25.0 Å². The molecule has 2 aliphatic rings. The van der Waals surface area contributed by atoms with E-state index >= 15 is 0 Å². The van der Waals surface area contributed by atoms with Crippen LogP contribution in [0.4, 0.5) is 0 Å². The van der Waals surface area contributed by atoms with E-state index in [2.05, 4.69) is 11.8 Å². The largest absolute Gasteiger partial charge is 0.372 e. The van der Waals surface area contributed by atoms with Gasteiger partial charge in [0, 0.05) is 13.1 Å². The van der Waals surface area contributed by atoms with Crippen molar-refractivity contribution in [2.75, 3.05) is 26.3 Å². The number of epoxide rings is 1. The van der Waals surface area contributed by atoms with E-state index in [1.807, 2.05) is 0 Å². The van der Waals surface area contributed by atoms with E-state index in [1.165, 1.54) is 32.1 Å². The lowest BCUT2D eigenvalue weighted by atomic mass is 10.1. The van der Waals surface area contributed by atoms with Crippen molar-refractivity contribution in [2.24, 2.45) is 0 Å². The number of hydrogen-bond acceptors (Lipinski definition) is 3. The molecule has 88 valence electrons. The molecule has 0 amide bonds. The SMILES string of the molecule is CCCCCCC1OCCN1CC1CO1. The van der Waals surface area contributed by atoms with Gasteiger partial charge in [-0.15, -0.1) is 0 Å². The summed E-state index contributed by atoms with van der Waals surface area (Å²) in [5.74, 6) is 0. The molecule has 2 fully saturated rings. The van der Waals surface area contributed by atoms with Crippen LogP contribution in [-0.2, 0) is 9.47 Å². The van der Waals surface area contributed by atoms with Crippen molar-refractivity contribution < 1.29 is 9.47 Å². The number of hydrogen-bond donors (Lipinski definition) is 0. The van der Waals surface area contributed by atoms with Gasteiger partial charge in [0.25, 0.3) is 0 Å². The fraction of sp³-hybridized carbons (Fsp3) is 1.00. The molecule has 0 aromatic heterocycles. The predicted octanol–water partition coefficient (Wildman–Crippen LogP) is 2.01. The van der Waals surface area contributed by atoms with Gasteiger partial charge in [-0.1, -0.05) is 26.2 Å². The van der Waals surface area contributed by atoms with Crippen molar-refractivity contribution >= 4 is 0 Å². The Morgan fingerprint density at radius 3 is 2.80 bits per heavy atom. The summed E-state index contributed by atoms with van der Waals surface area (Å²) in [6, 6.07) is 0. The average molecular weight is 213 g/mol. The van der Waals surface area contributed by atoms with E-state index in [4.69, 9.17) is 9.47 Å². The zero-order chi connectivity index (χ0) is 10.5. The third-order valence-electron chi connectivity index (χ3n) is 3.24. The van der Waals surface area contributed by atoms with E-state index in [1.54, 1.807) is 0 Å². The summed E-state index contributed by atoms with van der Waals surface area (Å²) in [6.07, 6.45) is 7.41. The molecule has 3 heteroatoms. The highest BCUT2D eigenvalue weighted by Crippen LogP contribution is 2.20. The summed E-state index contributed by atoms with van der Waals surface area (Å²) >= 11 is 0. The van der Waals surface area contributed by atoms with Crippen molar-refractivity contribution in [3.05, 3.63) is 0 Å². The minimum absolute atomic E-state index is 0.381. The highest BCUT2D eigenvalue weighted by Gasteiger charge is 2.31. The quantitative estimate of drug-likeness (QED) is 0.478. The van der Waals surface area contributed by atoms with Gasteiger partial charge < -0.3 is 9.47 Å². The molecule has 0 aromatic carbocycles. The molecule has 2 saturated heterocycles. The summed E-state index contributed by atoms with van der Waals surface area (Å²) in [5, 5.41) is 0. The smallest absolute Gasteiger partial charge is 0.110 e. The second kappa shape index (κ2) is 5.83. The third kappa shape index (κ3) is 3.74. The second-order valence-electron chi connectivity index (χ2n) is 4.63. The van der Waals surface area contributed by atoms with Gasteiger partial charge in [-0.3, -0.25) is 4.90 Å². The van der Waals surface area contributed by atoms with Crippen molar-refractivity contribution in [3.8, 4) is 0 Å². The molecule has 0 saturated carbocycles. The third-order valence-corrected chi connectivity index (χ3v) is 3.24. The molecule has 15 heavy (non-hydrogen) atoms. The molecule has 0 spiro atoms. The maximum Gasteiger partial charge on any atom is 0.110 e. The Kier molecular flexibility index (Phi) is 4.42. The van der Waals surface area contributed by atoms with Crippen molar-refractivity contribution in [2.45, 2.75) is 51.4 Å². The van der Waals surface area contributed by atoms with Crippen LogP contribution in [0.3, 0.4) is 0 Å². The van der Waals surface area contributed by atoms with Crippen LogP contribution < -0.4 is 0 Å². The molecule has 2 atom stereocenters. The number of ether oxygens (including phenoxy) is 2. The summed E-state index contributed by atoms with van der Waals surface area (Å²) in [7, 11) is 0. The van der Waals surface area contributed by atoms with Gasteiger partial charge >= 0.3 is 0 Å². The van der Waals surface area contributed by atoms with Gasteiger partial charge in [0.05, 0.1) is 19.3 Å². The van der Waals surface area contributed by atoms with E-state index in [0.717, 1.165) is 26.3 Å². The Morgan fingerprint density at radius 2 is 2.07 bits per heavy atom. The minimum atomic E-state index is 0.381. The summed E-state index contributed by atoms with van der Waals surface area (Å²) in [4.78, 5) is 2.45. The van der Waals surface area contributed by atoms with Crippen LogP contribution >= 0.6 is 0 Å². The Hall–Kier alpha value is -0.120. The van der Waals surface area contributed by atoms with Gasteiger partial charge in [-0.2, -0.15) is 0 Å². The monoisotopic (exact) mass is 213 g/mol. The Balaban J connectivity index is 1.61. The average Bonchev–Trinajstić information content (AvgIpc) is 2.94. The molecule has 3 nitrogen and oxygen atoms in total. The molecular formula is C12H23NO2. The van der Waals surface area contributed by atoms with Gasteiger partial charge in [-0.25, -0.2) is 0 Å². The molecule has 2 aliphatic heterocycles. The number of unbranched alkanes of at least 4 members (excludes halogenated alkanes) is 3. The summed E-state index contributed by atoms with van der Waals surface area (Å²) < 4.78 is 11.0. The maximum atomic E-state index is 5.74. The lowest BCUT2D eigenvalue weighted by molar-refractivity contribution is 0.0225. The van der Waals surface area contributed by atoms with E-state index in [0.29, 0.717) is 12.3 Å². The van der Waals surface area contributed by atoms with Crippen LogP contribution in [0, 0.1) is 0 Å². The van der Waals surface area contributed by atoms with Crippen LogP contribution in [-0.4, -0.2) is 43.5 Å². The van der Waals surface area contributed by atoms with E-state index in [-0.39, 0.29) is 0 Å². The number of rotatable bonds is 7. The van der Waals surface area contributed by atoms with Gasteiger partial charge in [0.1, 0.15) is 6.23 Å². The van der Waals surface area contributed by atoms with Crippen LogP contribution in [0.1, 0.15) is 39.0 Å². The predicted molar refractivity (Wildman–Crippen MR) is 59.8 cm³/mol. The van der Waals surface area contributed by atoms with Gasteiger partial charge in [-0.05, 0) is 12.8 Å². The highest BCUT2D eigenvalue weighted by molar-refractivity contribution is 4.79. The molecule has 0 radical (unpaired) electrons. The minimum Gasteiger partial charge on any atom is -0.372 e. The summed E-state index contributed by atoms with van der Waals surface area (Å²) in [6.45, 7) is 6.30. The second-order valence-corrected chi connectivity index (χ2v) is 4.63. The lowest BCUT2D eigenvalue weighted by Gasteiger charge is -2.21. The van der Waals surface area contributed by atoms with Crippen LogP contribution in [0.15, 0.2) is 0 Å². The molecule has 2 heterocycles. The molecule has 2 rings (SSSR count). The fourth-order valence-electron chi connectivity index (χ4n) is 2.21. The van der Waals surface area contributed by atoms with E-state index in [9.17, 15) is 0 Å². The van der Waals surface area contributed by atoms with Crippen molar-refractivity contribution in [1.29, 1.82) is 0 Å². The van der Waals surface area contributed by atoms with E-state index < -0.39 is 0 Å². The maximum absolute atomic E-state index is 5.74. The van der Waals surface area contributed by atoms with Crippen molar-refractivity contribution in [3.63, 3.8) is 0 Å². The highest BCUT2D eigenvalue weighted by atomic mass is 16.6. The summed E-state index contributed by atoms with van der Waals surface area (Å²) in [5.41, 5.74) is 0. The molecule has 0 aromatic rings. The Morgan fingerprint density at radius 1 is 1.20 bits per heavy atom. The lowest BCUT2D eigenvalue weighted by Crippen LogP contribution is -2.33. The van der Waals surface area contributed by atoms with Gasteiger partial charge in [0.15, 0.2) is 0 Å². The molecule has 0 bridgehead atoms. The first kappa shape index (κ1) is 11.4. The normalized spacial score (nSPS) is 31.0. The van der Waals surface area contributed by atoms with Gasteiger partial charge in [0.2, 0.25) is 0 Å². The first-order valence-corrected chi connectivity index (χ1v) is 6.37. The zero-order valence-corrected chi connectivity index (χ0v) is 9.78. The van der Waals surface area contributed by atoms with Crippen LogP contribution in [0.2, 0.25) is 0 Å².